The third-order valence-electron chi connectivity index (χ3n) is 5.14. The van der Waals surface area contributed by atoms with E-state index >= 15 is 0 Å². The van der Waals surface area contributed by atoms with E-state index in [-0.39, 0.29) is 25.7 Å². The molecule has 28 heavy (non-hydrogen) atoms. The molecule has 2 amide bonds. The average Bonchev–Trinajstić information content (AvgIpc) is 3.01. The maximum absolute atomic E-state index is 12.9. The van der Waals surface area contributed by atoms with E-state index in [4.69, 9.17) is 86.0 Å². The lowest BCUT2D eigenvalue weighted by Gasteiger charge is -2.34. The molecule has 0 spiro atoms. The lowest BCUT2D eigenvalue weighted by molar-refractivity contribution is -0.175. The van der Waals surface area contributed by atoms with Gasteiger partial charge in [-0.15, -0.1) is 28.3 Å². The molecule has 0 unspecified atom stereocenters. The summed E-state index contributed by atoms with van der Waals surface area (Å²) in [7, 11) is 0. The molecule has 1 heterocycles. The normalized spacial score (nSPS) is 35.6. The number of hydroxylamine groups is 2. The molecule has 0 radical (unpaired) electrons. The molecule has 2 bridgehead atoms. The van der Waals surface area contributed by atoms with E-state index < -0.39 is 43.7 Å². The van der Waals surface area contributed by atoms with Crippen LogP contribution in [-0.4, -0.2) is 36.9 Å². The largest absolute Gasteiger partial charge is 0.365 e. The molecular weight excluding hydrogens is 518 g/mol. The van der Waals surface area contributed by atoms with Crippen molar-refractivity contribution >= 4 is 99.0 Å². The van der Waals surface area contributed by atoms with Crippen molar-refractivity contribution in [2.24, 2.45) is 11.8 Å². The summed E-state index contributed by atoms with van der Waals surface area (Å²) in [4.78, 5) is 39.3. The number of halogens is 7. The van der Waals surface area contributed by atoms with E-state index in [1.165, 1.54) is 18.2 Å². The minimum atomic E-state index is -2.06. The third-order valence-corrected chi connectivity index (χ3v) is 9.72. The molecule has 1 saturated heterocycles. The second-order valence-corrected chi connectivity index (χ2v) is 10.1. The van der Waals surface area contributed by atoms with Crippen LogP contribution < -0.4 is 0 Å². The number of allylic oxidation sites excluding steroid dienone is 2. The summed E-state index contributed by atoms with van der Waals surface area (Å²) in [6.07, 6.45) is 0. The molecule has 1 aromatic carbocycles. The fourth-order valence-corrected chi connectivity index (χ4v) is 6.96. The minimum Gasteiger partial charge on any atom is -0.325 e. The molecule has 0 N–H and O–H groups in total. The first-order chi connectivity index (χ1) is 12.9. The first-order valence-electron chi connectivity index (χ1n) is 7.58. The zero-order valence-corrected chi connectivity index (χ0v) is 18.5. The number of fused-ring (bicyclic) bond motifs is 5. The Hall–Kier alpha value is -0.400. The Morgan fingerprint density at radius 2 is 1.36 bits per heavy atom. The predicted octanol–water partition coefficient (Wildman–Crippen LogP) is 4.86. The van der Waals surface area contributed by atoms with E-state index in [1.54, 1.807) is 6.07 Å². The van der Waals surface area contributed by atoms with Crippen LogP contribution in [0.15, 0.2) is 34.3 Å². The average molecular weight is 524 g/mol. The number of carbonyl (C=O) groups is 3. The zero-order valence-electron chi connectivity index (χ0n) is 13.2. The maximum atomic E-state index is 12.9. The number of rotatable bonds is 2. The molecule has 12 heteroatoms. The van der Waals surface area contributed by atoms with Crippen molar-refractivity contribution in [1.29, 1.82) is 0 Å². The van der Waals surface area contributed by atoms with E-state index in [0.29, 0.717) is 0 Å². The highest BCUT2D eigenvalue weighted by molar-refractivity contribution is 6.66. The van der Waals surface area contributed by atoms with Gasteiger partial charge in [0.1, 0.15) is 9.75 Å². The Bertz CT molecular complexity index is 949. The number of benzene rings is 1. The Labute approximate surface area is 193 Å². The van der Waals surface area contributed by atoms with E-state index in [9.17, 15) is 14.4 Å². The van der Waals surface area contributed by atoms with Crippen molar-refractivity contribution in [1.82, 2.24) is 5.06 Å². The lowest BCUT2D eigenvalue weighted by atomic mass is 9.84. The van der Waals surface area contributed by atoms with Crippen molar-refractivity contribution in [3.05, 3.63) is 44.9 Å². The molecule has 0 aromatic heterocycles. The number of hydrogen-bond donors (Lipinski definition) is 0. The number of hydrogen-bond acceptors (Lipinski definition) is 4. The van der Waals surface area contributed by atoms with Gasteiger partial charge < -0.3 is 4.84 Å². The second-order valence-electron chi connectivity index (χ2n) is 6.41. The maximum Gasteiger partial charge on any atom is 0.365 e. The summed E-state index contributed by atoms with van der Waals surface area (Å²) in [6.45, 7) is 0. The quantitative estimate of drug-likeness (QED) is 0.410. The summed E-state index contributed by atoms with van der Waals surface area (Å²) in [5.74, 6) is -5.74. The minimum absolute atomic E-state index is 0.0517. The fraction of sp³-hybridized carbons (Fsp3) is 0.312. The van der Waals surface area contributed by atoms with Gasteiger partial charge in [-0.25, -0.2) is 4.79 Å². The van der Waals surface area contributed by atoms with Crippen LogP contribution in [0.5, 0.6) is 0 Å². The Morgan fingerprint density at radius 3 is 1.82 bits per heavy atom. The van der Waals surface area contributed by atoms with Gasteiger partial charge in [-0.1, -0.05) is 70.1 Å². The van der Waals surface area contributed by atoms with Crippen molar-refractivity contribution in [3.63, 3.8) is 0 Å². The summed E-state index contributed by atoms with van der Waals surface area (Å²) in [5.41, 5.74) is -0.0517. The molecule has 148 valence electrons. The number of alkyl halides is 4. The highest BCUT2D eigenvalue weighted by Crippen LogP contribution is 2.77. The van der Waals surface area contributed by atoms with Gasteiger partial charge in [0.15, 0.2) is 4.33 Å². The van der Waals surface area contributed by atoms with Gasteiger partial charge in [0, 0.05) is 0 Å². The van der Waals surface area contributed by atoms with Crippen LogP contribution in [-0.2, 0) is 14.4 Å². The summed E-state index contributed by atoms with van der Waals surface area (Å²) in [6, 6.07) is 5.94. The molecule has 1 aliphatic heterocycles. The van der Waals surface area contributed by atoms with Crippen LogP contribution in [0.2, 0.25) is 5.02 Å². The number of imide groups is 1. The Kier molecular flexibility index (Phi) is 4.69. The molecule has 4 rings (SSSR count). The van der Waals surface area contributed by atoms with Gasteiger partial charge in [-0.2, -0.15) is 0 Å². The monoisotopic (exact) mass is 521 g/mol. The van der Waals surface area contributed by atoms with Crippen molar-refractivity contribution in [3.8, 4) is 0 Å². The zero-order chi connectivity index (χ0) is 20.8. The molecule has 5 nitrogen and oxygen atoms in total. The Morgan fingerprint density at radius 1 is 0.893 bits per heavy atom. The van der Waals surface area contributed by atoms with Crippen molar-refractivity contribution < 1.29 is 19.2 Å². The van der Waals surface area contributed by atoms with Gasteiger partial charge in [0.05, 0.1) is 32.5 Å². The van der Waals surface area contributed by atoms with Gasteiger partial charge in [-0.05, 0) is 12.1 Å². The SMILES string of the molecule is O=C(ON1C(=O)[C@@H]2[C@H](C1=O)[C@@]1(Cl)C(Cl)=C(Cl)[C@@]2(Cl)C1(Cl)Cl)c1ccccc1Cl. The highest BCUT2D eigenvalue weighted by Gasteiger charge is 2.88. The van der Waals surface area contributed by atoms with Crippen LogP contribution >= 0.6 is 81.2 Å². The van der Waals surface area contributed by atoms with Gasteiger partial charge >= 0.3 is 5.97 Å². The van der Waals surface area contributed by atoms with Gasteiger partial charge in [0.2, 0.25) is 0 Å². The molecule has 3 aliphatic rings. The molecule has 4 atom stereocenters. The van der Waals surface area contributed by atoms with E-state index in [1.807, 2.05) is 0 Å². The fourth-order valence-electron chi connectivity index (χ4n) is 3.82. The number of nitrogens with zero attached hydrogens (tertiary/aromatic N) is 1. The first kappa shape index (κ1) is 20.9. The topological polar surface area (TPSA) is 63.7 Å². The van der Waals surface area contributed by atoms with Crippen LogP contribution in [0.1, 0.15) is 10.4 Å². The van der Waals surface area contributed by atoms with Gasteiger partial charge in [-0.3, -0.25) is 9.59 Å². The lowest BCUT2D eigenvalue weighted by Crippen LogP contribution is -2.50. The number of carbonyl (C=O) groups excluding carboxylic acids is 3. The Balaban J connectivity index is 1.74. The second kappa shape index (κ2) is 6.30. The summed E-state index contributed by atoms with van der Waals surface area (Å²) >= 11 is 44.1. The smallest absolute Gasteiger partial charge is 0.325 e. The molecule has 2 aliphatic carbocycles. The number of amides is 2. The van der Waals surface area contributed by atoms with Crippen LogP contribution in [0.3, 0.4) is 0 Å². The van der Waals surface area contributed by atoms with E-state index in [0.717, 1.165) is 0 Å². The predicted molar refractivity (Wildman–Crippen MR) is 106 cm³/mol. The van der Waals surface area contributed by atoms with E-state index in [2.05, 4.69) is 0 Å². The van der Waals surface area contributed by atoms with Crippen molar-refractivity contribution in [2.45, 2.75) is 14.1 Å². The molecule has 2 fully saturated rings. The summed E-state index contributed by atoms with van der Waals surface area (Å²) in [5, 5.41) is -0.129. The molecular formula is C16H6Cl7NO4. The van der Waals surface area contributed by atoms with Gasteiger partial charge in [0.25, 0.3) is 11.8 Å². The summed E-state index contributed by atoms with van der Waals surface area (Å²) < 4.78 is -2.06. The van der Waals surface area contributed by atoms with Crippen LogP contribution in [0.4, 0.5) is 0 Å². The third kappa shape index (κ3) is 2.16. The highest BCUT2D eigenvalue weighted by atomic mass is 35.5. The molecule has 1 aromatic rings. The standard InChI is InChI=1S/C16H6Cl7NO4/c17-6-4-2-1-3-5(6)13(27)28-24-11(25)7-8(12(24)26)15(21)10(19)9(18)14(7,20)16(15,22)23/h1-4,7-8H/t7-,8+,14-,15-/m1/s1. The molecule has 1 saturated carbocycles. The first-order valence-corrected chi connectivity index (χ1v) is 10.2. The van der Waals surface area contributed by atoms with Crippen molar-refractivity contribution in [2.75, 3.05) is 0 Å². The van der Waals surface area contributed by atoms with Crippen LogP contribution in [0.25, 0.3) is 0 Å². The van der Waals surface area contributed by atoms with Crippen LogP contribution in [0, 0.1) is 11.8 Å².